The Morgan fingerprint density at radius 3 is 2.60 bits per heavy atom. The normalized spacial score (nSPS) is 18.6. The molecule has 6 heteroatoms. The summed E-state index contributed by atoms with van der Waals surface area (Å²) in [6, 6.07) is 11.0. The molecule has 3 rings (SSSR count). The number of rotatable bonds is 8. The first-order valence-electron chi connectivity index (χ1n) is 11.3. The van der Waals surface area contributed by atoms with Crippen molar-refractivity contribution < 1.29 is 0 Å². The summed E-state index contributed by atoms with van der Waals surface area (Å²) in [5.74, 6) is 1.53. The fourth-order valence-corrected chi connectivity index (χ4v) is 4.50. The van der Waals surface area contributed by atoms with E-state index < -0.39 is 0 Å². The first-order chi connectivity index (χ1) is 14.5. The van der Waals surface area contributed by atoms with E-state index in [1.165, 1.54) is 11.1 Å². The van der Waals surface area contributed by atoms with Crippen molar-refractivity contribution >= 4 is 5.96 Å². The van der Waals surface area contributed by atoms with Crippen LogP contribution >= 0.6 is 0 Å². The number of aliphatic imine (C=N–C) groups is 1. The molecule has 0 radical (unpaired) electrons. The van der Waals surface area contributed by atoms with Crippen LogP contribution in [0, 0.1) is 0 Å². The van der Waals surface area contributed by atoms with Gasteiger partial charge in [0.15, 0.2) is 5.96 Å². The molecule has 1 aliphatic heterocycles. The Balaban J connectivity index is 1.61. The molecule has 2 heterocycles. The summed E-state index contributed by atoms with van der Waals surface area (Å²) in [5, 5.41) is 11.9. The van der Waals surface area contributed by atoms with Gasteiger partial charge in [0.05, 0.1) is 6.20 Å². The molecule has 0 bridgehead atoms. The van der Waals surface area contributed by atoms with Gasteiger partial charge in [0.1, 0.15) is 0 Å². The lowest BCUT2D eigenvalue weighted by Crippen LogP contribution is -2.55. The Morgan fingerprint density at radius 2 is 2.00 bits per heavy atom. The third kappa shape index (κ3) is 5.22. The van der Waals surface area contributed by atoms with Gasteiger partial charge >= 0.3 is 0 Å². The summed E-state index contributed by atoms with van der Waals surface area (Å²) in [6.07, 6.45) is 7.39. The second-order valence-corrected chi connectivity index (χ2v) is 8.54. The maximum absolute atomic E-state index is 4.60. The van der Waals surface area contributed by atoms with E-state index in [4.69, 9.17) is 0 Å². The lowest BCUT2D eigenvalue weighted by molar-refractivity contribution is 0.268. The van der Waals surface area contributed by atoms with Gasteiger partial charge in [-0.2, -0.15) is 5.10 Å². The minimum absolute atomic E-state index is 0.0215. The van der Waals surface area contributed by atoms with Gasteiger partial charge in [-0.15, -0.1) is 0 Å². The quantitative estimate of drug-likeness (QED) is 0.515. The highest BCUT2D eigenvalue weighted by Crippen LogP contribution is 2.27. The van der Waals surface area contributed by atoms with Crippen LogP contribution in [0.3, 0.4) is 0 Å². The summed E-state index contributed by atoms with van der Waals surface area (Å²) in [7, 11) is 3.87. The van der Waals surface area contributed by atoms with Crippen LogP contribution in [0.1, 0.15) is 63.1 Å². The van der Waals surface area contributed by atoms with E-state index in [9.17, 15) is 0 Å². The molecular weight excluding hydrogens is 372 g/mol. The van der Waals surface area contributed by atoms with Crippen LogP contribution in [0.2, 0.25) is 0 Å². The molecule has 1 aromatic carbocycles. The number of aryl methyl sites for hydroxylation is 1. The van der Waals surface area contributed by atoms with Crippen molar-refractivity contribution in [2.75, 3.05) is 26.7 Å². The molecule has 1 saturated heterocycles. The third-order valence-electron chi connectivity index (χ3n) is 6.66. The number of benzene rings is 1. The van der Waals surface area contributed by atoms with Gasteiger partial charge in [-0.1, -0.05) is 44.2 Å². The van der Waals surface area contributed by atoms with Crippen molar-refractivity contribution in [3.63, 3.8) is 0 Å². The van der Waals surface area contributed by atoms with Crippen molar-refractivity contribution in [3.05, 3.63) is 53.9 Å². The second kappa shape index (κ2) is 10.1. The highest BCUT2D eigenvalue weighted by atomic mass is 15.3. The predicted molar refractivity (Wildman–Crippen MR) is 125 cm³/mol. The predicted octanol–water partition coefficient (Wildman–Crippen LogP) is 3.69. The Morgan fingerprint density at radius 1 is 1.27 bits per heavy atom. The van der Waals surface area contributed by atoms with Gasteiger partial charge in [0, 0.05) is 57.4 Å². The average Bonchev–Trinajstić information content (AvgIpc) is 3.43. The maximum Gasteiger partial charge on any atom is 0.193 e. The van der Waals surface area contributed by atoms with E-state index >= 15 is 0 Å². The van der Waals surface area contributed by atoms with E-state index in [1.54, 1.807) is 0 Å². The molecule has 0 spiro atoms. The summed E-state index contributed by atoms with van der Waals surface area (Å²) in [4.78, 5) is 6.98. The topological polar surface area (TPSA) is 57.5 Å². The molecule has 2 unspecified atom stereocenters. The molecule has 0 aliphatic carbocycles. The van der Waals surface area contributed by atoms with Crippen LogP contribution in [0.15, 0.2) is 47.7 Å². The Labute approximate surface area is 181 Å². The molecule has 0 amide bonds. The average molecular weight is 411 g/mol. The smallest absolute Gasteiger partial charge is 0.193 e. The van der Waals surface area contributed by atoms with Crippen LogP contribution in [0.4, 0.5) is 0 Å². The molecule has 2 aromatic rings. The van der Waals surface area contributed by atoms with Crippen molar-refractivity contribution in [1.82, 2.24) is 25.3 Å². The summed E-state index contributed by atoms with van der Waals surface area (Å²) in [5.41, 5.74) is 2.67. The number of nitrogens with zero attached hydrogens (tertiary/aromatic N) is 4. The van der Waals surface area contributed by atoms with E-state index in [0.717, 1.165) is 44.9 Å². The van der Waals surface area contributed by atoms with Crippen molar-refractivity contribution in [2.24, 2.45) is 12.0 Å². The van der Waals surface area contributed by atoms with Crippen molar-refractivity contribution in [2.45, 2.75) is 57.5 Å². The van der Waals surface area contributed by atoms with E-state index in [-0.39, 0.29) is 5.54 Å². The zero-order chi connectivity index (χ0) is 21.6. The van der Waals surface area contributed by atoms with Crippen LogP contribution in [0.25, 0.3) is 0 Å². The molecule has 2 N–H and O–H groups in total. The number of hydrogen-bond donors (Lipinski definition) is 2. The van der Waals surface area contributed by atoms with Gasteiger partial charge < -0.3 is 15.5 Å². The highest BCUT2D eigenvalue weighted by molar-refractivity contribution is 5.80. The Hall–Kier alpha value is -2.34. The number of aromatic nitrogens is 2. The number of likely N-dealkylation sites (tertiary alicyclic amines) is 1. The van der Waals surface area contributed by atoms with E-state index in [0.29, 0.717) is 12.0 Å². The number of hydrogen-bond acceptors (Lipinski definition) is 3. The lowest BCUT2D eigenvalue weighted by Gasteiger charge is -2.37. The molecule has 1 aliphatic rings. The summed E-state index contributed by atoms with van der Waals surface area (Å²) >= 11 is 0. The Bertz CT molecular complexity index is 808. The van der Waals surface area contributed by atoms with Crippen LogP contribution in [0.5, 0.6) is 0 Å². The van der Waals surface area contributed by atoms with Crippen LogP contribution in [-0.2, 0) is 7.05 Å². The lowest BCUT2D eigenvalue weighted by atomic mass is 9.90. The number of nitrogens with one attached hydrogen (secondary N) is 2. The fourth-order valence-electron chi connectivity index (χ4n) is 4.50. The van der Waals surface area contributed by atoms with Crippen LogP contribution in [-0.4, -0.2) is 52.9 Å². The maximum atomic E-state index is 4.60. The van der Waals surface area contributed by atoms with Crippen molar-refractivity contribution in [3.8, 4) is 0 Å². The van der Waals surface area contributed by atoms with Gasteiger partial charge in [0.25, 0.3) is 0 Å². The molecule has 0 saturated carbocycles. The van der Waals surface area contributed by atoms with Gasteiger partial charge in [-0.05, 0) is 37.3 Å². The monoisotopic (exact) mass is 410 g/mol. The molecule has 30 heavy (non-hydrogen) atoms. The molecule has 2 atom stereocenters. The van der Waals surface area contributed by atoms with E-state index in [1.807, 2.05) is 25.0 Å². The molecule has 164 valence electrons. The molecule has 1 fully saturated rings. The third-order valence-corrected chi connectivity index (χ3v) is 6.66. The molecule has 1 aromatic heterocycles. The first kappa shape index (κ1) is 22.3. The molecule has 6 nitrogen and oxygen atoms in total. The fraction of sp³-hybridized carbons (Fsp3) is 0.583. The van der Waals surface area contributed by atoms with E-state index in [2.05, 4.69) is 82.9 Å². The zero-order valence-electron chi connectivity index (χ0n) is 19.2. The SMILES string of the molecule is CCC(CC)(CNC(=NC)N1CCC(c2cnn(C)c2)C1)NC(C)c1ccccc1. The minimum Gasteiger partial charge on any atom is -0.354 e. The zero-order valence-corrected chi connectivity index (χ0v) is 19.2. The highest BCUT2D eigenvalue weighted by Gasteiger charge is 2.31. The molecular formula is C24H38N6. The van der Waals surface area contributed by atoms with Crippen LogP contribution < -0.4 is 10.6 Å². The summed E-state index contributed by atoms with van der Waals surface area (Å²) < 4.78 is 1.89. The first-order valence-corrected chi connectivity index (χ1v) is 11.3. The van der Waals surface area contributed by atoms with Crippen molar-refractivity contribution in [1.29, 1.82) is 0 Å². The standard InChI is InChI=1S/C24H38N6/c1-6-24(7-2,28-19(3)20-11-9-8-10-12-20)18-26-23(25-4)30-14-13-21(17-30)22-15-27-29(5)16-22/h8-12,15-16,19,21,28H,6-7,13-14,17-18H2,1-5H3,(H,25,26). The summed E-state index contributed by atoms with van der Waals surface area (Å²) in [6.45, 7) is 9.67. The van der Waals surface area contributed by atoms with Gasteiger partial charge in [0.2, 0.25) is 0 Å². The Kier molecular flexibility index (Phi) is 7.53. The second-order valence-electron chi connectivity index (χ2n) is 8.54. The number of guanidine groups is 1. The minimum atomic E-state index is 0.0215. The van der Waals surface area contributed by atoms with Gasteiger partial charge in [-0.25, -0.2) is 0 Å². The largest absolute Gasteiger partial charge is 0.354 e. The van der Waals surface area contributed by atoms with Gasteiger partial charge in [-0.3, -0.25) is 9.67 Å².